The first kappa shape index (κ1) is 21.1. The molecule has 8 heteroatoms. The molecule has 2 aromatic heterocycles. The molecular formula is C25H33N5O3. The maximum Gasteiger partial charge on any atom is 0.274 e. The third kappa shape index (κ3) is 3.83. The van der Waals surface area contributed by atoms with Crippen LogP contribution in [0.15, 0.2) is 24.4 Å². The summed E-state index contributed by atoms with van der Waals surface area (Å²) in [5.74, 6) is 3.78. The number of carbonyl (C=O) groups excluding carboxylic acids is 2. The van der Waals surface area contributed by atoms with Gasteiger partial charge in [-0.15, -0.1) is 0 Å². The number of pyridine rings is 1. The van der Waals surface area contributed by atoms with Crippen molar-refractivity contribution in [2.75, 3.05) is 32.8 Å². The molecule has 5 fully saturated rings. The fraction of sp³-hybridized carbons (Fsp3) is 0.640. The molecule has 4 bridgehead atoms. The zero-order valence-electron chi connectivity index (χ0n) is 19.0. The van der Waals surface area contributed by atoms with E-state index in [1.54, 1.807) is 21.6 Å². The summed E-state index contributed by atoms with van der Waals surface area (Å²) >= 11 is 0. The van der Waals surface area contributed by atoms with Gasteiger partial charge in [-0.3, -0.25) is 14.0 Å². The van der Waals surface area contributed by atoms with Gasteiger partial charge in [0.05, 0.1) is 12.7 Å². The average Bonchev–Trinajstić information content (AvgIpc) is 3.27. The van der Waals surface area contributed by atoms with Crippen molar-refractivity contribution in [3.05, 3.63) is 35.8 Å². The average molecular weight is 452 g/mol. The van der Waals surface area contributed by atoms with Crippen molar-refractivity contribution in [1.82, 2.24) is 19.6 Å². The molecule has 2 aromatic rings. The molecule has 3 N–H and O–H groups in total. The monoisotopic (exact) mass is 451 g/mol. The maximum absolute atomic E-state index is 13.2. The Morgan fingerprint density at radius 3 is 2.61 bits per heavy atom. The Labute approximate surface area is 193 Å². The number of nitrogens with one attached hydrogen (secondary N) is 1. The zero-order chi connectivity index (χ0) is 22.5. The van der Waals surface area contributed by atoms with Crippen LogP contribution in [-0.2, 0) is 4.74 Å². The quantitative estimate of drug-likeness (QED) is 0.723. The van der Waals surface area contributed by atoms with Gasteiger partial charge in [0, 0.05) is 32.4 Å². The van der Waals surface area contributed by atoms with Gasteiger partial charge in [0.15, 0.2) is 0 Å². The predicted molar refractivity (Wildman–Crippen MR) is 123 cm³/mol. The first-order valence-electron chi connectivity index (χ1n) is 12.5. The number of aromatic nitrogens is 2. The number of imidazole rings is 1. The van der Waals surface area contributed by atoms with Crippen LogP contribution in [0.2, 0.25) is 0 Å². The second-order valence-electron chi connectivity index (χ2n) is 10.5. The summed E-state index contributed by atoms with van der Waals surface area (Å²) in [5.41, 5.74) is 7.17. The van der Waals surface area contributed by atoms with E-state index in [-0.39, 0.29) is 17.9 Å². The molecule has 0 radical (unpaired) electrons. The van der Waals surface area contributed by atoms with Crippen molar-refractivity contribution in [2.45, 2.75) is 38.2 Å². The van der Waals surface area contributed by atoms with E-state index in [0.717, 1.165) is 30.2 Å². The third-order valence-electron chi connectivity index (χ3n) is 8.55. The Kier molecular flexibility index (Phi) is 5.37. The van der Waals surface area contributed by atoms with E-state index in [2.05, 4.69) is 10.3 Å². The number of amides is 2. The fourth-order valence-electron chi connectivity index (χ4n) is 7.18. The van der Waals surface area contributed by atoms with Crippen molar-refractivity contribution in [1.29, 1.82) is 0 Å². The molecule has 0 aromatic carbocycles. The van der Waals surface area contributed by atoms with Crippen LogP contribution in [0.5, 0.6) is 0 Å². The summed E-state index contributed by atoms with van der Waals surface area (Å²) in [6.07, 6.45) is 8.37. The van der Waals surface area contributed by atoms with Gasteiger partial charge in [0.2, 0.25) is 0 Å². The standard InChI is InChI=1S/C25H33N5O3/c26-11-19-13-29(4-5-33-19)25(32)21-14-30-22(2-1-3-23(30)28-21)24(31)27-12-20-17-7-15-6-16(9-17)10-18(20)8-15/h1-3,14-20H,4-13,26H2,(H,27,31). The lowest BCUT2D eigenvalue weighted by molar-refractivity contribution is -0.0347. The number of rotatable bonds is 5. The topological polar surface area (TPSA) is 102 Å². The fourth-order valence-corrected chi connectivity index (χ4v) is 7.18. The minimum Gasteiger partial charge on any atom is -0.373 e. The minimum absolute atomic E-state index is 0.0969. The van der Waals surface area contributed by atoms with Gasteiger partial charge in [-0.2, -0.15) is 0 Å². The molecule has 176 valence electrons. The molecule has 7 rings (SSSR count). The summed E-state index contributed by atoms with van der Waals surface area (Å²) < 4.78 is 7.30. The van der Waals surface area contributed by atoms with Gasteiger partial charge in [0.25, 0.3) is 11.8 Å². The molecule has 5 aliphatic rings. The lowest BCUT2D eigenvalue weighted by atomic mass is 9.52. The number of morpholine rings is 1. The van der Waals surface area contributed by atoms with Gasteiger partial charge >= 0.3 is 0 Å². The van der Waals surface area contributed by atoms with Crippen molar-refractivity contribution in [3.63, 3.8) is 0 Å². The maximum atomic E-state index is 13.2. The van der Waals surface area contributed by atoms with Crippen LogP contribution in [0.4, 0.5) is 0 Å². The van der Waals surface area contributed by atoms with E-state index in [9.17, 15) is 9.59 Å². The highest BCUT2D eigenvalue weighted by atomic mass is 16.5. The molecule has 0 spiro atoms. The molecule has 1 saturated heterocycles. The van der Waals surface area contributed by atoms with Gasteiger partial charge in [-0.25, -0.2) is 4.98 Å². The Morgan fingerprint density at radius 1 is 1.12 bits per heavy atom. The predicted octanol–water partition coefficient (Wildman–Crippen LogP) is 1.94. The number of nitrogens with zero attached hydrogens (tertiary/aromatic N) is 3. The number of fused-ring (bicyclic) bond motifs is 1. The number of ether oxygens (including phenoxy) is 1. The van der Waals surface area contributed by atoms with E-state index in [4.69, 9.17) is 10.5 Å². The van der Waals surface area contributed by atoms with Crippen molar-refractivity contribution < 1.29 is 14.3 Å². The minimum atomic E-state index is -0.152. The number of hydrogen-bond acceptors (Lipinski definition) is 5. The highest BCUT2D eigenvalue weighted by molar-refractivity contribution is 5.95. The van der Waals surface area contributed by atoms with Crippen LogP contribution < -0.4 is 11.1 Å². The lowest BCUT2D eigenvalue weighted by Gasteiger charge is -2.54. The molecular weight excluding hydrogens is 418 g/mol. The van der Waals surface area contributed by atoms with E-state index < -0.39 is 0 Å². The normalized spacial score (nSPS) is 32.9. The molecule has 1 aliphatic heterocycles. The number of nitrogens with two attached hydrogens (primary N) is 1. The molecule has 4 saturated carbocycles. The highest BCUT2D eigenvalue weighted by Gasteiger charge is 2.48. The second-order valence-corrected chi connectivity index (χ2v) is 10.5. The smallest absolute Gasteiger partial charge is 0.274 e. The van der Waals surface area contributed by atoms with Crippen LogP contribution in [0.25, 0.3) is 5.65 Å². The summed E-state index contributed by atoms with van der Waals surface area (Å²) in [6, 6.07) is 5.45. The Morgan fingerprint density at radius 2 is 1.88 bits per heavy atom. The summed E-state index contributed by atoms with van der Waals surface area (Å²) in [5, 5.41) is 3.22. The molecule has 1 atom stereocenters. The van der Waals surface area contributed by atoms with Crippen LogP contribution in [0.3, 0.4) is 0 Å². The van der Waals surface area contributed by atoms with Crippen molar-refractivity contribution >= 4 is 17.5 Å². The first-order chi connectivity index (χ1) is 16.1. The van der Waals surface area contributed by atoms with Crippen LogP contribution >= 0.6 is 0 Å². The lowest BCUT2D eigenvalue weighted by Crippen LogP contribution is -2.49. The van der Waals surface area contributed by atoms with E-state index in [0.29, 0.717) is 49.2 Å². The molecule has 8 nitrogen and oxygen atoms in total. The van der Waals surface area contributed by atoms with Gasteiger partial charge in [0.1, 0.15) is 17.0 Å². The van der Waals surface area contributed by atoms with E-state index >= 15 is 0 Å². The Bertz CT molecular complexity index is 1040. The molecule has 2 amide bonds. The van der Waals surface area contributed by atoms with E-state index in [1.165, 1.54) is 32.1 Å². The Balaban J connectivity index is 1.17. The third-order valence-corrected chi connectivity index (χ3v) is 8.55. The molecule has 1 unspecified atom stereocenters. The van der Waals surface area contributed by atoms with Crippen molar-refractivity contribution in [2.24, 2.45) is 35.3 Å². The SMILES string of the molecule is NCC1CN(C(=O)c2cn3c(C(=O)NCC4C5CC6CC(C5)CC4C6)cccc3n2)CCO1. The highest BCUT2D eigenvalue weighted by Crippen LogP contribution is 2.56. The molecule has 4 aliphatic carbocycles. The number of hydrogen-bond donors (Lipinski definition) is 2. The largest absolute Gasteiger partial charge is 0.373 e. The molecule has 33 heavy (non-hydrogen) atoms. The summed E-state index contributed by atoms with van der Waals surface area (Å²) in [6.45, 7) is 2.57. The van der Waals surface area contributed by atoms with Crippen LogP contribution in [0.1, 0.15) is 53.1 Å². The second kappa shape index (κ2) is 8.40. The summed E-state index contributed by atoms with van der Waals surface area (Å²) in [7, 11) is 0. The zero-order valence-corrected chi connectivity index (χ0v) is 19.0. The molecule has 3 heterocycles. The van der Waals surface area contributed by atoms with Gasteiger partial charge in [-0.1, -0.05) is 6.07 Å². The van der Waals surface area contributed by atoms with E-state index in [1.807, 2.05) is 12.1 Å². The first-order valence-corrected chi connectivity index (χ1v) is 12.5. The number of carbonyl (C=O) groups is 2. The summed E-state index contributed by atoms with van der Waals surface area (Å²) in [4.78, 5) is 32.5. The van der Waals surface area contributed by atoms with Gasteiger partial charge in [-0.05, 0) is 73.8 Å². The van der Waals surface area contributed by atoms with Crippen molar-refractivity contribution in [3.8, 4) is 0 Å². The van der Waals surface area contributed by atoms with Crippen LogP contribution in [-0.4, -0.2) is 65.0 Å². The van der Waals surface area contributed by atoms with Gasteiger partial charge < -0.3 is 20.7 Å². The Hall–Kier alpha value is -2.45. The van der Waals surface area contributed by atoms with Crippen LogP contribution in [0, 0.1) is 29.6 Å².